The molecule has 0 radical (unpaired) electrons. The third-order valence-corrected chi connectivity index (χ3v) is 4.18. The molecule has 20 heavy (non-hydrogen) atoms. The van der Waals surface area contributed by atoms with Gasteiger partial charge < -0.3 is 15.7 Å². The summed E-state index contributed by atoms with van der Waals surface area (Å²) in [5, 5.41) is 15.9. The molecule has 5 heteroatoms. The van der Waals surface area contributed by atoms with Crippen LogP contribution in [0.1, 0.15) is 38.3 Å². The van der Waals surface area contributed by atoms with Gasteiger partial charge in [0.2, 0.25) is 0 Å². The van der Waals surface area contributed by atoms with Gasteiger partial charge in [-0.1, -0.05) is 23.7 Å². The molecule has 1 aromatic carbocycles. The maximum absolute atomic E-state index is 12.0. The van der Waals surface area contributed by atoms with Crippen molar-refractivity contribution in [3.63, 3.8) is 0 Å². The highest BCUT2D eigenvalue weighted by atomic mass is 35.5. The Labute approximate surface area is 124 Å². The van der Waals surface area contributed by atoms with E-state index in [4.69, 9.17) is 11.6 Å². The Balaban J connectivity index is 1.92. The first-order valence-corrected chi connectivity index (χ1v) is 7.27. The number of carbonyl (C=O) groups is 1. The SMILES string of the molecule is CC(NC(=O)NC(C)(CO)C1CC1)c1ccc(Cl)cc1. The van der Waals surface area contributed by atoms with Crippen molar-refractivity contribution in [2.75, 3.05) is 6.61 Å². The molecule has 2 amide bonds. The van der Waals surface area contributed by atoms with Crippen molar-refractivity contribution in [1.29, 1.82) is 0 Å². The summed E-state index contributed by atoms with van der Waals surface area (Å²) in [5.74, 6) is 0.379. The van der Waals surface area contributed by atoms with Gasteiger partial charge in [0.25, 0.3) is 0 Å². The molecular weight excluding hydrogens is 276 g/mol. The first-order valence-electron chi connectivity index (χ1n) is 6.89. The second-order valence-corrected chi connectivity index (χ2v) is 6.16. The number of halogens is 1. The van der Waals surface area contributed by atoms with Gasteiger partial charge in [0.1, 0.15) is 0 Å². The van der Waals surface area contributed by atoms with Gasteiger partial charge in [-0.3, -0.25) is 0 Å². The number of rotatable bonds is 5. The van der Waals surface area contributed by atoms with E-state index in [9.17, 15) is 9.90 Å². The molecule has 1 saturated carbocycles. The lowest BCUT2D eigenvalue weighted by atomic mass is 9.97. The van der Waals surface area contributed by atoms with Gasteiger partial charge in [-0.2, -0.15) is 0 Å². The molecule has 2 atom stereocenters. The first kappa shape index (κ1) is 15.1. The molecule has 0 heterocycles. The largest absolute Gasteiger partial charge is 0.394 e. The van der Waals surface area contributed by atoms with Crippen LogP contribution in [-0.4, -0.2) is 23.3 Å². The second-order valence-electron chi connectivity index (χ2n) is 5.72. The quantitative estimate of drug-likeness (QED) is 0.782. The zero-order chi connectivity index (χ0) is 14.8. The van der Waals surface area contributed by atoms with Gasteiger partial charge >= 0.3 is 6.03 Å². The number of hydrogen-bond acceptors (Lipinski definition) is 2. The lowest BCUT2D eigenvalue weighted by Gasteiger charge is -2.29. The Morgan fingerprint density at radius 1 is 1.45 bits per heavy atom. The molecule has 0 aromatic heterocycles. The third kappa shape index (κ3) is 3.64. The van der Waals surface area contributed by atoms with Gasteiger partial charge in [0.15, 0.2) is 0 Å². The summed E-state index contributed by atoms with van der Waals surface area (Å²) in [4.78, 5) is 12.0. The van der Waals surface area contributed by atoms with E-state index >= 15 is 0 Å². The van der Waals surface area contributed by atoms with Crippen LogP contribution >= 0.6 is 11.6 Å². The van der Waals surface area contributed by atoms with E-state index in [1.165, 1.54) is 0 Å². The second kappa shape index (κ2) is 6.02. The van der Waals surface area contributed by atoms with Crippen molar-refractivity contribution in [1.82, 2.24) is 10.6 Å². The van der Waals surface area contributed by atoms with E-state index in [2.05, 4.69) is 10.6 Å². The Morgan fingerprint density at radius 3 is 2.55 bits per heavy atom. The monoisotopic (exact) mass is 296 g/mol. The average Bonchev–Trinajstić information content (AvgIpc) is 3.23. The van der Waals surface area contributed by atoms with E-state index in [0.29, 0.717) is 10.9 Å². The zero-order valence-electron chi connectivity index (χ0n) is 11.8. The number of aliphatic hydroxyl groups excluding tert-OH is 1. The molecule has 1 aliphatic rings. The van der Waals surface area contributed by atoms with Gasteiger partial charge in [-0.15, -0.1) is 0 Å². The van der Waals surface area contributed by atoms with Crippen molar-refractivity contribution >= 4 is 17.6 Å². The summed E-state index contributed by atoms with van der Waals surface area (Å²) in [6.07, 6.45) is 2.12. The Morgan fingerprint density at radius 2 is 2.05 bits per heavy atom. The summed E-state index contributed by atoms with van der Waals surface area (Å²) in [5.41, 5.74) is 0.464. The van der Waals surface area contributed by atoms with E-state index in [-0.39, 0.29) is 18.7 Å². The molecule has 110 valence electrons. The van der Waals surface area contributed by atoms with Crippen molar-refractivity contribution < 1.29 is 9.90 Å². The van der Waals surface area contributed by atoms with Crippen molar-refractivity contribution in [2.45, 2.75) is 38.3 Å². The standard InChI is InChI=1S/C15H21ClN2O2/c1-10(11-3-7-13(16)8-4-11)17-14(20)18-15(2,9-19)12-5-6-12/h3-4,7-8,10,12,19H,5-6,9H2,1-2H3,(H2,17,18,20). The summed E-state index contributed by atoms with van der Waals surface area (Å²) in [6.45, 7) is 3.76. The Kier molecular flexibility index (Phi) is 4.55. The number of hydrogen-bond donors (Lipinski definition) is 3. The van der Waals surface area contributed by atoms with Crippen LogP contribution in [0.5, 0.6) is 0 Å². The Bertz CT molecular complexity index is 473. The lowest BCUT2D eigenvalue weighted by molar-refractivity contribution is 0.154. The smallest absolute Gasteiger partial charge is 0.315 e. The van der Waals surface area contributed by atoms with Gasteiger partial charge in [-0.05, 0) is 50.3 Å². The average molecular weight is 297 g/mol. The van der Waals surface area contributed by atoms with Crippen LogP contribution in [0, 0.1) is 5.92 Å². The zero-order valence-corrected chi connectivity index (χ0v) is 12.6. The maximum atomic E-state index is 12.0. The highest BCUT2D eigenvalue weighted by molar-refractivity contribution is 6.30. The minimum Gasteiger partial charge on any atom is -0.394 e. The van der Waals surface area contributed by atoms with Crippen LogP contribution in [-0.2, 0) is 0 Å². The van der Waals surface area contributed by atoms with E-state index in [0.717, 1.165) is 18.4 Å². The third-order valence-electron chi connectivity index (χ3n) is 3.92. The first-order chi connectivity index (χ1) is 9.44. The van der Waals surface area contributed by atoms with Crippen molar-refractivity contribution in [3.05, 3.63) is 34.9 Å². The number of amides is 2. The minimum atomic E-state index is -0.524. The lowest BCUT2D eigenvalue weighted by Crippen LogP contribution is -2.54. The molecule has 1 fully saturated rings. The molecular formula is C15H21ClN2O2. The van der Waals surface area contributed by atoms with E-state index in [1.54, 1.807) is 12.1 Å². The molecule has 0 bridgehead atoms. The highest BCUT2D eigenvalue weighted by Crippen LogP contribution is 2.39. The number of nitrogens with one attached hydrogen (secondary N) is 2. The fourth-order valence-corrected chi connectivity index (χ4v) is 2.44. The molecule has 0 aliphatic heterocycles. The predicted octanol–water partition coefficient (Wildman–Crippen LogP) is 2.86. The molecule has 1 aliphatic carbocycles. The van der Waals surface area contributed by atoms with Crippen molar-refractivity contribution in [2.24, 2.45) is 5.92 Å². The highest BCUT2D eigenvalue weighted by Gasteiger charge is 2.42. The molecule has 0 saturated heterocycles. The Hall–Kier alpha value is -1.26. The van der Waals surface area contributed by atoms with E-state index in [1.807, 2.05) is 26.0 Å². The van der Waals surface area contributed by atoms with Crippen LogP contribution < -0.4 is 10.6 Å². The number of carbonyl (C=O) groups excluding carboxylic acids is 1. The molecule has 2 rings (SSSR count). The van der Waals surface area contributed by atoms with Crippen LogP contribution in [0.15, 0.2) is 24.3 Å². The van der Waals surface area contributed by atoms with Crippen LogP contribution in [0.2, 0.25) is 5.02 Å². The van der Waals surface area contributed by atoms with Crippen LogP contribution in [0.3, 0.4) is 0 Å². The molecule has 0 spiro atoms. The van der Waals surface area contributed by atoms with Gasteiger partial charge in [0, 0.05) is 5.02 Å². The van der Waals surface area contributed by atoms with Crippen LogP contribution in [0.4, 0.5) is 4.79 Å². The van der Waals surface area contributed by atoms with Crippen LogP contribution in [0.25, 0.3) is 0 Å². The molecule has 2 unspecified atom stereocenters. The number of urea groups is 1. The molecule has 4 nitrogen and oxygen atoms in total. The fraction of sp³-hybridized carbons (Fsp3) is 0.533. The predicted molar refractivity (Wildman–Crippen MR) is 79.7 cm³/mol. The number of aliphatic hydroxyl groups is 1. The van der Waals surface area contributed by atoms with Gasteiger partial charge in [0.05, 0.1) is 18.2 Å². The number of benzene rings is 1. The molecule has 3 N–H and O–H groups in total. The summed E-state index contributed by atoms with van der Waals surface area (Å²) in [6, 6.07) is 7.01. The summed E-state index contributed by atoms with van der Waals surface area (Å²) >= 11 is 5.84. The summed E-state index contributed by atoms with van der Waals surface area (Å²) in [7, 11) is 0. The minimum absolute atomic E-state index is 0.0413. The maximum Gasteiger partial charge on any atom is 0.315 e. The van der Waals surface area contributed by atoms with Crippen molar-refractivity contribution in [3.8, 4) is 0 Å². The normalized spacial score (nSPS) is 19.0. The summed E-state index contributed by atoms with van der Waals surface area (Å²) < 4.78 is 0. The van der Waals surface area contributed by atoms with E-state index < -0.39 is 5.54 Å². The fourth-order valence-electron chi connectivity index (χ4n) is 2.32. The van der Waals surface area contributed by atoms with Gasteiger partial charge in [-0.25, -0.2) is 4.79 Å². The molecule has 1 aromatic rings. The topological polar surface area (TPSA) is 61.4 Å².